The largest absolute Gasteiger partial charge is 0.459 e. The summed E-state index contributed by atoms with van der Waals surface area (Å²) in [4.78, 5) is 36.5. The van der Waals surface area contributed by atoms with Crippen LogP contribution in [0, 0.1) is 6.92 Å². The van der Waals surface area contributed by atoms with Crippen molar-refractivity contribution in [3.8, 4) is 0 Å². The molecule has 7 heteroatoms. The molecule has 0 saturated carbocycles. The van der Waals surface area contributed by atoms with Crippen molar-refractivity contribution in [1.29, 1.82) is 0 Å². The second-order valence-electron chi connectivity index (χ2n) is 9.40. The third kappa shape index (κ3) is 4.79. The highest BCUT2D eigenvalue weighted by Gasteiger charge is 2.25. The lowest BCUT2D eigenvalue weighted by atomic mass is 10.1. The number of likely N-dealkylation sites (tertiary alicyclic amines) is 1. The lowest BCUT2D eigenvalue weighted by Crippen LogP contribution is -2.35. The van der Waals surface area contributed by atoms with Gasteiger partial charge in [-0.25, -0.2) is 4.98 Å². The molecule has 5 rings (SSSR count). The van der Waals surface area contributed by atoms with E-state index in [1.807, 2.05) is 9.80 Å². The summed E-state index contributed by atoms with van der Waals surface area (Å²) in [6.45, 7) is 6.55. The lowest BCUT2D eigenvalue weighted by molar-refractivity contribution is -0.127. The number of fused-ring (bicyclic) bond motifs is 1. The summed E-state index contributed by atoms with van der Waals surface area (Å²) in [6.07, 6.45) is 6.14. The molecule has 2 aromatic heterocycles. The fourth-order valence-electron chi connectivity index (χ4n) is 5.06. The second-order valence-corrected chi connectivity index (χ2v) is 9.40. The van der Waals surface area contributed by atoms with E-state index in [-0.39, 0.29) is 11.8 Å². The molecule has 4 heterocycles. The molecule has 178 valence electrons. The Hall–Kier alpha value is -3.35. The van der Waals surface area contributed by atoms with E-state index in [1.54, 1.807) is 12.1 Å². The van der Waals surface area contributed by atoms with Gasteiger partial charge in [0.1, 0.15) is 5.82 Å². The van der Waals surface area contributed by atoms with Crippen molar-refractivity contribution in [2.24, 2.45) is 0 Å². The van der Waals surface area contributed by atoms with Crippen molar-refractivity contribution in [2.45, 2.75) is 45.6 Å². The first kappa shape index (κ1) is 22.4. The van der Waals surface area contributed by atoms with Gasteiger partial charge in [0.25, 0.3) is 5.91 Å². The summed E-state index contributed by atoms with van der Waals surface area (Å²) < 4.78 is 5.45. The van der Waals surface area contributed by atoms with Crippen LogP contribution in [-0.4, -0.2) is 59.3 Å². The first-order valence-corrected chi connectivity index (χ1v) is 12.3. The molecule has 2 saturated heterocycles. The number of nitrogens with zero attached hydrogens (tertiary/aromatic N) is 4. The smallest absolute Gasteiger partial charge is 0.289 e. The van der Waals surface area contributed by atoms with Gasteiger partial charge in [-0.2, -0.15) is 0 Å². The number of aryl methyl sites for hydroxylation is 1. The van der Waals surface area contributed by atoms with Crippen LogP contribution in [0.4, 0.5) is 5.82 Å². The summed E-state index contributed by atoms with van der Waals surface area (Å²) in [5.41, 5.74) is 3.22. The number of anilines is 1. The standard InChI is InChI=1S/C27H32N4O3/c1-20-9-10-23-21(17-20)18-22(26(28-23)30-11-2-3-12-30)19-31(27(33)24-7-5-16-34-24)15-6-14-29-13-4-8-25(29)32/h5,7,9-10,16-18H,2-4,6,8,11-15,19H2,1H3. The van der Waals surface area contributed by atoms with E-state index in [9.17, 15) is 9.59 Å². The number of pyridine rings is 1. The Balaban J connectivity index is 1.43. The summed E-state index contributed by atoms with van der Waals surface area (Å²) in [6, 6.07) is 12.0. The first-order valence-electron chi connectivity index (χ1n) is 12.3. The predicted octanol–water partition coefficient (Wildman–Crippen LogP) is 4.39. The maximum absolute atomic E-state index is 13.4. The van der Waals surface area contributed by atoms with Crippen molar-refractivity contribution in [3.63, 3.8) is 0 Å². The first-order chi connectivity index (χ1) is 16.6. The molecule has 34 heavy (non-hydrogen) atoms. The normalized spacial score (nSPS) is 16.1. The zero-order valence-corrected chi connectivity index (χ0v) is 19.8. The van der Waals surface area contributed by atoms with Gasteiger partial charge in [-0.1, -0.05) is 11.6 Å². The molecule has 1 aromatic carbocycles. The van der Waals surface area contributed by atoms with Crippen LogP contribution in [-0.2, 0) is 11.3 Å². The number of rotatable bonds is 8. The topological polar surface area (TPSA) is 69.9 Å². The van der Waals surface area contributed by atoms with Gasteiger partial charge in [0, 0.05) is 56.6 Å². The molecular weight excluding hydrogens is 428 g/mol. The minimum absolute atomic E-state index is 0.130. The van der Waals surface area contributed by atoms with Crippen molar-refractivity contribution in [2.75, 3.05) is 37.6 Å². The molecule has 2 amide bonds. The van der Waals surface area contributed by atoms with E-state index >= 15 is 0 Å². The van der Waals surface area contributed by atoms with Crippen LogP contribution in [0.2, 0.25) is 0 Å². The molecule has 3 aromatic rings. The fourth-order valence-corrected chi connectivity index (χ4v) is 5.06. The van der Waals surface area contributed by atoms with E-state index in [0.717, 1.165) is 67.6 Å². The van der Waals surface area contributed by atoms with Gasteiger partial charge in [-0.3, -0.25) is 9.59 Å². The van der Waals surface area contributed by atoms with Crippen LogP contribution >= 0.6 is 0 Å². The van der Waals surface area contributed by atoms with Gasteiger partial charge >= 0.3 is 0 Å². The molecule has 2 fully saturated rings. The van der Waals surface area contributed by atoms with Crippen LogP contribution in [0.25, 0.3) is 10.9 Å². The average Bonchev–Trinajstić information content (AvgIpc) is 3.61. The Morgan fingerprint density at radius 1 is 1.12 bits per heavy atom. The van der Waals surface area contributed by atoms with Gasteiger partial charge in [-0.15, -0.1) is 0 Å². The molecule has 0 unspecified atom stereocenters. The summed E-state index contributed by atoms with van der Waals surface area (Å²) in [7, 11) is 0. The minimum Gasteiger partial charge on any atom is -0.459 e. The Labute approximate surface area is 200 Å². The molecule has 0 N–H and O–H groups in total. The number of carbonyl (C=O) groups excluding carboxylic acids is 2. The Bertz CT molecular complexity index is 1170. The van der Waals surface area contributed by atoms with Gasteiger partial charge in [0.2, 0.25) is 5.91 Å². The highest BCUT2D eigenvalue weighted by atomic mass is 16.3. The summed E-state index contributed by atoms with van der Waals surface area (Å²) in [5, 5.41) is 1.09. The highest BCUT2D eigenvalue weighted by molar-refractivity contribution is 5.91. The number of aromatic nitrogens is 1. The van der Waals surface area contributed by atoms with Crippen molar-refractivity contribution in [1.82, 2.24) is 14.8 Å². The minimum atomic E-state index is -0.130. The number of amides is 2. The summed E-state index contributed by atoms with van der Waals surface area (Å²) >= 11 is 0. The van der Waals surface area contributed by atoms with E-state index in [0.29, 0.717) is 31.8 Å². The van der Waals surface area contributed by atoms with E-state index in [2.05, 4.69) is 36.1 Å². The predicted molar refractivity (Wildman–Crippen MR) is 132 cm³/mol. The number of benzene rings is 1. The number of furan rings is 1. The average molecular weight is 461 g/mol. The summed E-state index contributed by atoms with van der Waals surface area (Å²) in [5.74, 6) is 1.40. The molecular formula is C27H32N4O3. The van der Waals surface area contributed by atoms with Crippen LogP contribution in [0.3, 0.4) is 0 Å². The number of hydrogen-bond acceptors (Lipinski definition) is 5. The van der Waals surface area contributed by atoms with Crippen molar-refractivity contribution in [3.05, 3.63) is 59.5 Å². The molecule has 0 aliphatic carbocycles. The molecule has 2 aliphatic heterocycles. The Kier molecular flexibility index (Phi) is 6.52. The second kappa shape index (κ2) is 9.87. The van der Waals surface area contributed by atoms with Gasteiger partial charge in [-0.05, 0) is 62.9 Å². The number of hydrogen-bond donors (Lipinski definition) is 0. The van der Waals surface area contributed by atoms with Gasteiger partial charge < -0.3 is 19.1 Å². The van der Waals surface area contributed by atoms with Gasteiger partial charge in [0.15, 0.2) is 5.76 Å². The molecule has 7 nitrogen and oxygen atoms in total. The molecule has 0 radical (unpaired) electrons. The Morgan fingerprint density at radius 3 is 2.71 bits per heavy atom. The molecule has 0 bridgehead atoms. The fraction of sp³-hybridized carbons (Fsp3) is 0.444. The maximum atomic E-state index is 13.4. The van der Waals surface area contributed by atoms with Crippen LogP contribution < -0.4 is 4.90 Å². The van der Waals surface area contributed by atoms with E-state index < -0.39 is 0 Å². The third-order valence-corrected chi connectivity index (χ3v) is 6.84. The van der Waals surface area contributed by atoms with Crippen molar-refractivity contribution < 1.29 is 14.0 Å². The van der Waals surface area contributed by atoms with Crippen LogP contribution in [0.1, 0.15) is 53.8 Å². The molecule has 0 spiro atoms. The third-order valence-electron chi connectivity index (χ3n) is 6.84. The SMILES string of the molecule is Cc1ccc2nc(N3CCCC3)c(CN(CCCN3CCCC3=O)C(=O)c3ccco3)cc2c1. The lowest BCUT2D eigenvalue weighted by Gasteiger charge is -2.27. The molecule has 2 aliphatic rings. The van der Waals surface area contributed by atoms with Crippen LogP contribution in [0.15, 0.2) is 47.1 Å². The maximum Gasteiger partial charge on any atom is 0.289 e. The quantitative estimate of drug-likeness (QED) is 0.499. The highest BCUT2D eigenvalue weighted by Crippen LogP contribution is 2.29. The zero-order chi connectivity index (χ0) is 23.5. The Morgan fingerprint density at radius 2 is 1.97 bits per heavy atom. The van der Waals surface area contributed by atoms with Crippen LogP contribution in [0.5, 0.6) is 0 Å². The van der Waals surface area contributed by atoms with Gasteiger partial charge in [0.05, 0.1) is 11.8 Å². The monoisotopic (exact) mass is 460 g/mol. The zero-order valence-electron chi connectivity index (χ0n) is 19.8. The van der Waals surface area contributed by atoms with E-state index in [1.165, 1.54) is 11.8 Å². The van der Waals surface area contributed by atoms with E-state index in [4.69, 9.17) is 9.40 Å². The van der Waals surface area contributed by atoms with Crippen molar-refractivity contribution >= 4 is 28.5 Å². The number of carbonyl (C=O) groups is 2. The molecule has 0 atom stereocenters.